The molecule has 0 aliphatic rings. The van der Waals surface area contributed by atoms with E-state index in [0.29, 0.717) is 0 Å². The molecule has 17 heavy (non-hydrogen) atoms. The SMILES string of the molecule is CN(C)C(=O)c1ccc(C(N)=O)cc1N=[N+]=[N-]. The molecule has 0 aromatic heterocycles. The van der Waals surface area contributed by atoms with E-state index in [1.165, 1.54) is 23.1 Å². The highest BCUT2D eigenvalue weighted by Gasteiger charge is 2.14. The van der Waals surface area contributed by atoms with Gasteiger partial charge in [-0.05, 0) is 23.7 Å². The molecule has 0 radical (unpaired) electrons. The first-order chi connectivity index (χ1) is 7.97. The Hall–Kier alpha value is -2.53. The summed E-state index contributed by atoms with van der Waals surface area (Å²) in [6.07, 6.45) is 0. The zero-order chi connectivity index (χ0) is 13.0. The van der Waals surface area contributed by atoms with Gasteiger partial charge in [-0.15, -0.1) is 0 Å². The van der Waals surface area contributed by atoms with Crippen LogP contribution in [0.2, 0.25) is 0 Å². The van der Waals surface area contributed by atoms with Crippen molar-refractivity contribution in [3.8, 4) is 0 Å². The summed E-state index contributed by atoms with van der Waals surface area (Å²) in [6.45, 7) is 0. The average Bonchev–Trinajstić information content (AvgIpc) is 2.28. The normalized spacial score (nSPS) is 9.29. The van der Waals surface area contributed by atoms with Gasteiger partial charge in [-0.1, -0.05) is 5.11 Å². The molecule has 0 heterocycles. The summed E-state index contributed by atoms with van der Waals surface area (Å²) in [6, 6.07) is 4.11. The number of carbonyl (C=O) groups excluding carboxylic acids is 2. The van der Waals surface area contributed by atoms with Crippen molar-refractivity contribution in [2.24, 2.45) is 10.8 Å². The van der Waals surface area contributed by atoms with Crippen LogP contribution in [0.3, 0.4) is 0 Å². The predicted octanol–water partition coefficient (Wildman–Crippen LogP) is 1.43. The number of primary amides is 1. The maximum absolute atomic E-state index is 11.7. The van der Waals surface area contributed by atoms with Crippen LogP contribution in [0.1, 0.15) is 20.7 Å². The van der Waals surface area contributed by atoms with Crippen LogP contribution in [0.15, 0.2) is 23.3 Å². The molecule has 0 fully saturated rings. The van der Waals surface area contributed by atoms with Gasteiger partial charge in [0.05, 0.1) is 5.69 Å². The molecule has 2 N–H and O–H groups in total. The minimum absolute atomic E-state index is 0.0856. The maximum Gasteiger partial charge on any atom is 0.253 e. The van der Waals surface area contributed by atoms with E-state index in [4.69, 9.17) is 11.3 Å². The van der Waals surface area contributed by atoms with E-state index < -0.39 is 5.91 Å². The fourth-order valence-corrected chi connectivity index (χ4v) is 1.24. The molecule has 0 unspecified atom stereocenters. The number of hydrogen-bond donors (Lipinski definition) is 1. The molecule has 1 aromatic rings. The quantitative estimate of drug-likeness (QED) is 0.483. The second-order valence-electron chi connectivity index (χ2n) is 3.49. The van der Waals surface area contributed by atoms with Gasteiger partial charge in [0.1, 0.15) is 0 Å². The lowest BCUT2D eigenvalue weighted by Crippen LogP contribution is -2.22. The van der Waals surface area contributed by atoms with Crippen molar-refractivity contribution < 1.29 is 9.59 Å². The molecule has 7 heteroatoms. The molecule has 7 nitrogen and oxygen atoms in total. The molecule has 0 aliphatic carbocycles. The van der Waals surface area contributed by atoms with Crippen molar-refractivity contribution in [2.75, 3.05) is 14.1 Å². The molecular formula is C10H11N5O2. The fourth-order valence-electron chi connectivity index (χ4n) is 1.24. The topological polar surface area (TPSA) is 112 Å². The monoisotopic (exact) mass is 233 g/mol. The summed E-state index contributed by atoms with van der Waals surface area (Å²) in [7, 11) is 3.15. The molecular weight excluding hydrogens is 222 g/mol. The largest absolute Gasteiger partial charge is 0.366 e. The molecule has 88 valence electrons. The molecule has 1 aromatic carbocycles. The Labute approximate surface area is 97.4 Å². The summed E-state index contributed by atoms with van der Waals surface area (Å²) >= 11 is 0. The van der Waals surface area contributed by atoms with Gasteiger partial charge < -0.3 is 10.6 Å². The van der Waals surface area contributed by atoms with E-state index in [9.17, 15) is 9.59 Å². The van der Waals surface area contributed by atoms with Crippen LogP contribution in [-0.2, 0) is 0 Å². The molecule has 2 amide bonds. The molecule has 0 aliphatic heterocycles. The third-order valence-electron chi connectivity index (χ3n) is 2.07. The van der Waals surface area contributed by atoms with E-state index in [-0.39, 0.29) is 22.7 Å². The maximum atomic E-state index is 11.7. The third-order valence-corrected chi connectivity index (χ3v) is 2.07. The zero-order valence-corrected chi connectivity index (χ0v) is 9.41. The minimum Gasteiger partial charge on any atom is -0.366 e. The van der Waals surface area contributed by atoms with Gasteiger partial charge in [-0.3, -0.25) is 9.59 Å². The third kappa shape index (κ3) is 2.73. The van der Waals surface area contributed by atoms with Gasteiger partial charge in [0.2, 0.25) is 5.91 Å². The van der Waals surface area contributed by atoms with Gasteiger partial charge >= 0.3 is 0 Å². The van der Waals surface area contributed by atoms with E-state index in [1.807, 2.05) is 0 Å². The summed E-state index contributed by atoms with van der Waals surface area (Å²) in [5.41, 5.74) is 14.0. The molecule has 0 saturated heterocycles. The van der Waals surface area contributed by atoms with Gasteiger partial charge in [0.25, 0.3) is 5.91 Å². The first-order valence-electron chi connectivity index (χ1n) is 4.68. The van der Waals surface area contributed by atoms with Gasteiger partial charge in [0.15, 0.2) is 0 Å². The fraction of sp³-hybridized carbons (Fsp3) is 0.200. The molecule has 0 spiro atoms. The highest BCUT2D eigenvalue weighted by atomic mass is 16.2. The Balaban J connectivity index is 3.36. The number of rotatable bonds is 3. The lowest BCUT2D eigenvalue weighted by Gasteiger charge is -2.12. The van der Waals surface area contributed by atoms with Gasteiger partial charge in [-0.25, -0.2) is 0 Å². The van der Waals surface area contributed by atoms with Crippen LogP contribution in [0.25, 0.3) is 10.4 Å². The van der Waals surface area contributed by atoms with Crippen molar-refractivity contribution in [3.05, 3.63) is 39.8 Å². The molecule has 0 atom stereocenters. The van der Waals surface area contributed by atoms with Crippen LogP contribution in [0, 0.1) is 0 Å². The number of azide groups is 1. The zero-order valence-electron chi connectivity index (χ0n) is 9.41. The second-order valence-corrected chi connectivity index (χ2v) is 3.49. The van der Waals surface area contributed by atoms with Crippen molar-refractivity contribution in [1.29, 1.82) is 0 Å². The van der Waals surface area contributed by atoms with Crippen LogP contribution in [0.5, 0.6) is 0 Å². The van der Waals surface area contributed by atoms with E-state index in [2.05, 4.69) is 10.0 Å². The average molecular weight is 233 g/mol. The number of nitrogens with two attached hydrogens (primary N) is 1. The predicted molar refractivity (Wildman–Crippen MR) is 61.8 cm³/mol. The smallest absolute Gasteiger partial charge is 0.253 e. The lowest BCUT2D eigenvalue weighted by atomic mass is 10.1. The van der Waals surface area contributed by atoms with Crippen LogP contribution in [-0.4, -0.2) is 30.8 Å². The number of carbonyl (C=O) groups is 2. The summed E-state index contributed by atoms with van der Waals surface area (Å²) in [5, 5.41) is 3.38. The van der Waals surface area contributed by atoms with E-state index >= 15 is 0 Å². The highest BCUT2D eigenvalue weighted by Crippen LogP contribution is 2.22. The minimum atomic E-state index is -0.650. The number of nitrogens with zero attached hydrogens (tertiary/aromatic N) is 4. The summed E-state index contributed by atoms with van der Waals surface area (Å²) in [4.78, 5) is 26.7. The number of hydrogen-bond acceptors (Lipinski definition) is 3. The van der Waals surface area contributed by atoms with Crippen molar-refractivity contribution >= 4 is 17.5 Å². The Kier molecular flexibility index (Phi) is 3.69. The van der Waals surface area contributed by atoms with Gasteiger partial charge in [0, 0.05) is 30.1 Å². The Morgan fingerprint density at radius 2 is 2.06 bits per heavy atom. The first kappa shape index (κ1) is 12.5. The Morgan fingerprint density at radius 3 is 2.53 bits per heavy atom. The van der Waals surface area contributed by atoms with Crippen molar-refractivity contribution in [1.82, 2.24) is 4.90 Å². The number of amides is 2. The van der Waals surface area contributed by atoms with Crippen LogP contribution >= 0.6 is 0 Å². The second kappa shape index (κ2) is 5.00. The summed E-state index contributed by atoms with van der Waals surface area (Å²) in [5.74, 6) is -0.966. The standard InChI is InChI=1S/C10H11N5O2/c1-15(2)10(17)7-4-3-6(9(11)16)5-8(7)13-14-12/h3-5H,1-2H3,(H2,11,16). The van der Waals surface area contributed by atoms with E-state index in [1.54, 1.807) is 14.1 Å². The molecule has 0 bridgehead atoms. The summed E-state index contributed by atoms with van der Waals surface area (Å²) < 4.78 is 0. The lowest BCUT2D eigenvalue weighted by molar-refractivity contribution is 0.0827. The van der Waals surface area contributed by atoms with Gasteiger partial charge in [-0.2, -0.15) is 0 Å². The molecule has 1 rings (SSSR count). The number of benzene rings is 1. The van der Waals surface area contributed by atoms with Crippen LogP contribution < -0.4 is 5.73 Å². The van der Waals surface area contributed by atoms with Crippen molar-refractivity contribution in [3.63, 3.8) is 0 Å². The Bertz CT molecular complexity index is 517. The van der Waals surface area contributed by atoms with E-state index in [0.717, 1.165) is 0 Å². The van der Waals surface area contributed by atoms with Crippen molar-refractivity contribution in [2.45, 2.75) is 0 Å². The van der Waals surface area contributed by atoms with Crippen LogP contribution in [0.4, 0.5) is 5.69 Å². The highest BCUT2D eigenvalue weighted by molar-refractivity contribution is 6.01. The molecule has 0 saturated carbocycles. The first-order valence-corrected chi connectivity index (χ1v) is 4.68. The Morgan fingerprint density at radius 1 is 1.41 bits per heavy atom.